The number of guanidine groups is 1. The van der Waals surface area contributed by atoms with Crippen molar-refractivity contribution in [3.8, 4) is 0 Å². The zero-order valence-electron chi connectivity index (χ0n) is 19.6. The molecule has 2 atom stereocenters. The first-order valence-corrected chi connectivity index (χ1v) is 13.3. The third-order valence-corrected chi connectivity index (χ3v) is 7.40. The SMILES string of the molecule is CN=C(NCCS(=O)(=O)NCC1CCCCO1)NCC(C(C)C)N1CCCCCC1.I. The van der Waals surface area contributed by atoms with Gasteiger partial charge in [-0.05, 0) is 51.1 Å². The van der Waals surface area contributed by atoms with E-state index >= 15 is 0 Å². The Bertz CT molecular complexity index is 604. The van der Waals surface area contributed by atoms with Gasteiger partial charge >= 0.3 is 0 Å². The van der Waals surface area contributed by atoms with E-state index in [4.69, 9.17) is 4.74 Å². The zero-order chi connectivity index (χ0) is 21.8. The lowest BCUT2D eigenvalue weighted by Crippen LogP contribution is -2.50. The van der Waals surface area contributed by atoms with Crippen molar-refractivity contribution >= 4 is 40.0 Å². The van der Waals surface area contributed by atoms with Crippen LogP contribution >= 0.6 is 24.0 Å². The van der Waals surface area contributed by atoms with Crippen molar-refractivity contribution in [3.05, 3.63) is 0 Å². The quantitative estimate of drug-likeness (QED) is 0.211. The van der Waals surface area contributed by atoms with Crippen LogP contribution in [0.15, 0.2) is 4.99 Å². The van der Waals surface area contributed by atoms with Crippen LogP contribution in [-0.2, 0) is 14.8 Å². The first-order chi connectivity index (χ1) is 14.4. The molecule has 2 heterocycles. The molecule has 2 aliphatic heterocycles. The first-order valence-electron chi connectivity index (χ1n) is 11.7. The Labute approximate surface area is 206 Å². The average molecular weight is 574 g/mol. The van der Waals surface area contributed by atoms with Crippen LogP contribution in [0, 0.1) is 5.92 Å². The smallest absolute Gasteiger partial charge is 0.213 e. The molecule has 2 unspecified atom stereocenters. The van der Waals surface area contributed by atoms with Crippen LogP contribution in [0.4, 0.5) is 0 Å². The fourth-order valence-corrected chi connectivity index (χ4v) is 5.15. The normalized spacial score (nSPS) is 22.5. The maximum atomic E-state index is 12.3. The van der Waals surface area contributed by atoms with Gasteiger partial charge in [-0.1, -0.05) is 26.7 Å². The molecule has 3 N–H and O–H groups in total. The van der Waals surface area contributed by atoms with Crippen molar-refractivity contribution in [1.82, 2.24) is 20.3 Å². The molecule has 0 saturated carbocycles. The van der Waals surface area contributed by atoms with Gasteiger partial charge in [0.1, 0.15) is 0 Å². The molecule has 0 aromatic carbocycles. The standard InChI is InChI=1S/C21H43N5O3S.HI/c1-18(2)20(26-12-7-4-5-8-13-26)17-24-21(22-3)23-11-15-30(27,28)25-16-19-10-6-9-14-29-19;/h18-20,25H,4-17H2,1-3H3,(H2,22,23,24);1H. The lowest BCUT2D eigenvalue weighted by atomic mass is 10.0. The largest absolute Gasteiger partial charge is 0.377 e. The average Bonchev–Trinajstić information content (AvgIpc) is 3.01. The molecule has 2 rings (SSSR count). The first kappa shape index (κ1) is 28.9. The van der Waals surface area contributed by atoms with Crippen LogP contribution in [0.25, 0.3) is 0 Å². The monoisotopic (exact) mass is 573 g/mol. The highest BCUT2D eigenvalue weighted by Crippen LogP contribution is 2.17. The van der Waals surface area contributed by atoms with Crippen molar-refractivity contribution in [2.75, 3.05) is 52.1 Å². The lowest BCUT2D eigenvalue weighted by Gasteiger charge is -2.34. The molecule has 0 aliphatic carbocycles. The molecule has 0 radical (unpaired) electrons. The molecule has 0 aromatic heterocycles. The van der Waals surface area contributed by atoms with E-state index in [0.29, 0.717) is 31.0 Å². The molecular formula is C21H44IN5O3S. The molecular weight excluding hydrogens is 529 g/mol. The van der Waals surface area contributed by atoms with E-state index in [2.05, 4.69) is 39.1 Å². The number of likely N-dealkylation sites (tertiary alicyclic amines) is 1. The topological polar surface area (TPSA) is 95.1 Å². The number of nitrogens with one attached hydrogen (secondary N) is 3. The minimum absolute atomic E-state index is 0. The molecule has 0 spiro atoms. The summed E-state index contributed by atoms with van der Waals surface area (Å²) in [7, 11) is -1.61. The summed E-state index contributed by atoms with van der Waals surface area (Å²) in [6, 6.07) is 0.447. The Morgan fingerprint density at radius 2 is 1.81 bits per heavy atom. The van der Waals surface area contributed by atoms with Gasteiger partial charge < -0.3 is 15.4 Å². The highest BCUT2D eigenvalue weighted by molar-refractivity contribution is 14.0. The molecule has 184 valence electrons. The molecule has 0 bridgehead atoms. The van der Waals surface area contributed by atoms with E-state index in [-0.39, 0.29) is 35.8 Å². The maximum absolute atomic E-state index is 12.3. The van der Waals surface area contributed by atoms with Crippen LogP contribution in [0.3, 0.4) is 0 Å². The number of rotatable bonds is 10. The Morgan fingerprint density at radius 3 is 2.39 bits per heavy atom. The van der Waals surface area contributed by atoms with Crippen molar-refractivity contribution in [2.45, 2.75) is 70.9 Å². The van der Waals surface area contributed by atoms with E-state index in [9.17, 15) is 8.42 Å². The molecule has 2 saturated heterocycles. The van der Waals surface area contributed by atoms with Crippen molar-refractivity contribution in [3.63, 3.8) is 0 Å². The second-order valence-electron chi connectivity index (χ2n) is 8.80. The summed E-state index contributed by atoms with van der Waals surface area (Å²) in [6.07, 6.45) is 8.29. The van der Waals surface area contributed by atoms with Gasteiger partial charge in [-0.3, -0.25) is 9.89 Å². The number of halogens is 1. The summed E-state index contributed by atoms with van der Waals surface area (Å²) >= 11 is 0. The van der Waals surface area contributed by atoms with Gasteiger partial charge in [-0.25, -0.2) is 13.1 Å². The fraction of sp³-hybridized carbons (Fsp3) is 0.952. The Balaban J connectivity index is 0.00000480. The zero-order valence-corrected chi connectivity index (χ0v) is 22.7. The third kappa shape index (κ3) is 11.5. The molecule has 10 heteroatoms. The van der Waals surface area contributed by atoms with Crippen LogP contribution in [0.1, 0.15) is 58.8 Å². The van der Waals surface area contributed by atoms with E-state index < -0.39 is 10.0 Å². The minimum Gasteiger partial charge on any atom is -0.377 e. The molecule has 31 heavy (non-hydrogen) atoms. The summed E-state index contributed by atoms with van der Waals surface area (Å²) in [5.74, 6) is 1.21. The van der Waals surface area contributed by atoms with E-state index in [1.165, 1.54) is 25.7 Å². The highest BCUT2D eigenvalue weighted by Gasteiger charge is 2.23. The van der Waals surface area contributed by atoms with E-state index in [1.54, 1.807) is 7.05 Å². The summed E-state index contributed by atoms with van der Waals surface area (Å²) in [5.41, 5.74) is 0. The summed E-state index contributed by atoms with van der Waals surface area (Å²) in [4.78, 5) is 6.86. The predicted molar refractivity (Wildman–Crippen MR) is 139 cm³/mol. The van der Waals surface area contributed by atoms with Crippen LogP contribution in [-0.4, -0.2) is 83.6 Å². The number of hydrogen-bond donors (Lipinski definition) is 3. The van der Waals surface area contributed by atoms with Crippen molar-refractivity contribution in [2.24, 2.45) is 10.9 Å². The van der Waals surface area contributed by atoms with Crippen molar-refractivity contribution < 1.29 is 13.2 Å². The van der Waals surface area contributed by atoms with Crippen LogP contribution in [0.2, 0.25) is 0 Å². The van der Waals surface area contributed by atoms with Crippen molar-refractivity contribution in [1.29, 1.82) is 0 Å². The lowest BCUT2D eigenvalue weighted by molar-refractivity contribution is 0.0200. The van der Waals surface area contributed by atoms with E-state index in [1.807, 2.05) is 0 Å². The number of sulfonamides is 1. The molecule has 2 fully saturated rings. The van der Waals surface area contributed by atoms with Gasteiger partial charge in [0.25, 0.3) is 0 Å². The summed E-state index contributed by atoms with van der Waals surface area (Å²) in [5, 5.41) is 6.54. The second-order valence-corrected chi connectivity index (χ2v) is 10.7. The van der Waals surface area contributed by atoms with Gasteiger partial charge in [0.15, 0.2) is 5.96 Å². The Hall–Kier alpha value is -0.170. The number of ether oxygens (including phenoxy) is 1. The molecule has 2 aliphatic rings. The predicted octanol–water partition coefficient (Wildman–Crippen LogP) is 2.16. The fourth-order valence-electron chi connectivity index (χ4n) is 4.20. The number of aliphatic imine (C=N–C) groups is 1. The van der Waals surface area contributed by atoms with Gasteiger partial charge in [0, 0.05) is 39.3 Å². The highest BCUT2D eigenvalue weighted by atomic mass is 127. The second kappa shape index (κ2) is 15.6. The van der Waals surface area contributed by atoms with Gasteiger partial charge in [0.2, 0.25) is 10.0 Å². The van der Waals surface area contributed by atoms with Gasteiger partial charge in [0.05, 0.1) is 11.9 Å². The van der Waals surface area contributed by atoms with Gasteiger partial charge in [-0.15, -0.1) is 24.0 Å². The number of hydrogen-bond acceptors (Lipinski definition) is 5. The van der Waals surface area contributed by atoms with Gasteiger partial charge in [-0.2, -0.15) is 0 Å². The molecule has 0 aromatic rings. The van der Waals surface area contributed by atoms with Crippen LogP contribution in [0.5, 0.6) is 0 Å². The molecule has 0 amide bonds. The summed E-state index contributed by atoms with van der Waals surface area (Å²) < 4.78 is 32.8. The van der Waals surface area contributed by atoms with E-state index in [0.717, 1.165) is 45.5 Å². The van der Waals surface area contributed by atoms with Crippen LogP contribution < -0.4 is 15.4 Å². The third-order valence-electron chi connectivity index (χ3n) is 6.05. The number of nitrogens with zero attached hydrogens (tertiary/aromatic N) is 2. The Morgan fingerprint density at radius 1 is 1.10 bits per heavy atom. The maximum Gasteiger partial charge on any atom is 0.213 e. The summed E-state index contributed by atoms with van der Waals surface area (Å²) in [6.45, 7) is 9.06. The molecule has 8 nitrogen and oxygen atoms in total. The minimum atomic E-state index is -3.33. The Kier molecular flexibility index (Phi) is 14.6.